The summed E-state index contributed by atoms with van der Waals surface area (Å²) in [5.41, 5.74) is 5.53. The normalized spacial score (nSPS) is 14.0. The van der Waals surface area contributed by atoms with Gasteiger partial charge in [0.05, 0.1) is 18.8 Å². The molecule has 0 aliphatic rings. The fourth-order valence-electron chi connectivity index (χ4n) is 1.57. The van der Waals surface area contributed by atoms with Gasteiger partial charge in [-0.15, -0.1) is 0 Å². The predicted octanol–water partition coefficient (Wildman–Crippen LogP) is -0.0781. The van der Waals surface area contributed by atoms with Gasteiger partial charge >= 0.3 is 5.97 Å². The maximum Gasteiger partial charge on any atom is 0.337 e. The van der Waals surface area contributed by atoms with E-state index in [4.69, 9.17) is 5.73 Å². The first-order valence-electron chi connectivity index (χ1n) is 5.48. The minimum absolute atomic E-state index is 0.0684. The largest absolute Gasteiger partial charge is 0.508 e. The number of aromatic hydroxyl groups is 1. The van der Waals surface area contributed by atoms with Crippen molar-refractivity contribution in [1.82, 2.24) is 0 Å². The number of ether oxygens (including phenoxy) is 1. The molecule has 0 saturated heterocycles. The van der Waals surface area contributed by atoms with Gasteiger partial charge in [0, 0.05) is 5.56 Å². The molecule has 2 atom stereocenters. The van der Waals surface area contributed by atoms with E-state index < -0.39 is 18.2 Å². The second kappa shape index (κ2) is 6.34. The summed E-state index contributed by atoms with van der Waals surface area (Å²) in [6.45, 7) is 0.204. The summed E-state index contributed by atoms with van der Waals surface area (Å²) in [6, 6.07) is 3.91. The third-order valence-electron chi connectivity index (χ3n) is 2.59. The van der Waals surface area contributed by atoms with Crippen LogP contribution in [0.5, 0.6) is 5.75 Å². The maximum absolute atomic E-state index is 11.3. The van der Waals surface area contributed by atoms with E-state index in [9.17, 15) is 20.1 Å². The Balaban J connectivity index is 3.03. The maximum atomic E-state index is 11.3. The Morgan fingerprint density at radius 1 is 1.44 bits per heavy atom. The molecule has 0 aliphatic carbocycles. The Labute approximate surface area is 105 Å². The Kier molecular flexibility index (Phi) is 5.08. The van der Waals surface area contributed by atoms with E-state index in [1.165, 1.54) is 25.3 Å². The summed E-state index contributed by atoms with van der Waals surface area (Å²) in [5.74, 6) is -0.789. The van der Waals surface area contributed by atoms with E-state index in [1.54, 1.807) is 0 Å². The molecule has 18 heavy (non-hydrogen) atoms. The SMILES string of the molecule is COC(=O)c1ccc(O)c(C(O)C(O)CCN)c1. The predicted molar refractivity (Wildman–Crippen MR) is 64.1 cm³/mol. The molecule has 0 aromatic heterocycles. The van der Waals surface area contributed by atoms with Crippen molar-refractivity contribution in [3.8, 4) is 5.75 Å². The van der Waals surface area contributed by atoms with Crippen LogP contribution in [0.1, 0.15) is 28.4 Å². The molecule has 6 heteroatoms. The number of aliphatic hydroxyl groups is 2. The van der Waals surface area contributed by atoms with Gasteiger partial charge in [-0.05, 0) is 31.2 Å². The number of nitrogens with two attached hydrogens (primary N) is 1. The van der Waals surface area contributed by atoms with Crippen LogP contribution in [0.4, 0.5) is 0 Å². The summed E-state index contributed by atoms with van der Waals surface area (Å²) in [6.07, 6.45) is -2.23. The van der Waals surface area contributed by atoms with E-state index in [0.29, 0.717) is 0 Å². The fourth-order valence-corrected chi connectivity index (χ4v) is 1.57. The van der Waals surface area contributed by atoms with Crippen molar-refractivity contribution in [2.45, 2.75) is 18.6 Å². The van der Waals surface area contributed by atoms with Gasteiger partial charge in [0.1, 0.15) is 11.9 Å². The third-order valence-corrected chi connectivity index (χ3v) is 2.59. The lowest BCUT2D eigenvalue weighted by Gasteiger charge is -2.18. The number of aliphatic hydroxyl groups excluding tert-OH is 2. The van der Waals surface area contributed by atoms with Crippen LogP contribution in [-0.2, 0) is 4.74 Å². The highest BCUT2D eigenvalue weighted by atomic mass is 16.5. The van der Waals surface area contributed by atoms with E-state index >= 15 is 0 Å². The first-order chi connectivity index (χ1) is 8.51. The Morgan fingerprint density at radius 2 is 2.11 bits per heavy atom. The highest BCUT2D eigenvalue weighted by Gasteiger charge is 2.22. The van der Waals surface area contributed by atoms with Gasteiger partial charge < -0.3 is 25.8 Å². The monoisotopic (exact) mass is 255 g/mol. The van der Waals surface area contributed by atoms with Crippen LogP contribution in [0, 0.1) is 0 Å². The molecule has 0 heterocycles. The van der Waals surface area contributed by atoms with Crippen molar-refractivity contribution in [2.24, 2.45) is 5.73 Å². The van der Waals surface area contributed by atoms with Crippen LogP contribution >= 0.6 is 0 Å². The van der Waals surface area contributed by atoms with E-state index in [-0.39, 0.29) is 29.8 Å². The van der Waals surface area contributed by atoms with Crippen molar-refractivity contribution in [1.29, 1.82) is 0 Å². The zero-order chi connectivity index (χ0) is 13.7. The van der Waals surface area contributed by atoms with Gasteiger partial charge in [-0.25, -0.2) is 4.79 Å². The van der Waals surface area contributed by atoms with E-state index in [2.05, 4.69) is 4.74 Å². The van der Waals surface area contributed by atoms with Crippen molar-refractivity contribution in [2.75, 3.05) is 13.7 Å². The second-order valence-electron chi connectivity index (χ2n) is 3.85. The quantitative estimate of drug-likeness (QED) is 0.547. The highest BCUT2D eigenvalue weighted by Crippen LogP contribution is 2.28. The van der Waals surface area contributed by atoms with Crippen molar-refractivity contribution in [3.05, 3.63) is 29.3 Å². The summed E-state index contributed by atoms with van der Waals surface area (Å²) in [7, 11) is 1.23. The molecule has 1 aromatic carbocycles. The fraction of sp³-hybridized carbons (Fsp3) is 0.417. The number of methoxy groups -OCH3 is 1. The smallest absolute Gasteiger partial charge is 0.337 e. The number of phenolic OH excluding ortho intramolecular Hbond substituents is 1. The second-order valence-corrected chi connectivity index (χ2v) is 3.85. The molecule has 6 nitrogen and oxygen atoms in total. The molecule has 2 unspecified atom stereocenters. The molecule has 0 fully saturated rings. The first kappa shape index (κ1) is 14.4. The molecule has 1 rings (SSSR count). The van der Waals surface area contributed by atoms with Crippen LogP contribution in [-0.4, -0.2) is 41.0 Å². The lowest BCUT2D eigenvalue weighted by Crippen LogP contribution is -2.22. The molecular weight excluding hydrogens is 238 g/mol. The first-order valence-corrected chi connectivity index (χ1v) is 5.48. The summed E-state index contributed by atoms with van der Waals surface area (Å²) in [4.78, 5) is 11.3. The zero-order valence-corrected chi connectivity index (χ0v) is 10.0. The molecule has 0 spiro atoms. The number of carbonyl (C=O) groups is 1. The summed E-state index contributed by atoms with van der Waals surface area (Å²) in [5, 5.41) is 29.1. The lowest BCUT2D eigenvalue weighted by molar-refractivity contribution is 0.0136. The van der Waals surface area contributed by atoms with Crippen molar-refractivity contribution >= 4 is 5.97 Å². The molecule has 0 amide bonds. The average Bonchev–Trinajstić information content (AvgIpc) is 2.37. The number of hydrogen-bond donors (Lipinski definition) is 4. The van der Waals surface area contributed by atoms with E-state index in [1.807, 2.05) is 0 Å². The van der Waals surface area contributed by atoms with Gasteiger partial charge in [-0.3, -0.25) is 0 Å². The number of phenols is 1. The highest BCUT2D eigenvalue weighted by molar-refractivity contribution is 5.89. The molecule has 1 aromatic rings. The Bertz CT molecular complexity index is 421. The molecule has 0 radical (unpaired) electrons. The topological polar surface area (TPSA) is 113 Å². The van der Waals surface area contributed by atoms with Crippen LogP contribution in [0.2, 0.25) is 0 Å². The standard InChI is InChI=1S/C12H17NO5/c1-18-12(17)7-2-3-9(14)8(6-7)11(16)10(15)4-5-13/h2-3,6,10-11,14-16H,4-5,13H2,1H3. The lowest BCUT2D eigenvalue weighted by atomic mass is 9.99. The van der Waals surface area contributed by atoms with Crippen LogP contribution < -0.4 is 5.73 Å². The Hall–Kier alpha value is -1.63. The summed E-state index contributed by atoms with van der Waals surface area (Å²) < 4.78 is 4.53. The molecule has 5 N–H and O–H groups in total. The molecule has 0 bridgehead atoms. The minimum Gasteiger partial charge on any atom is -0.508 e. The third kappa shape index (κ3) is 3.19. The Morgan fingerprint density at radius 3 is 2.67 bits per heavy atom. The molecule has 0 aliphatic heterocycles. The van der Waals surface area contributed by atoms with Crippen LogP contribution in [0.15, 0.2) is 18.2 Å². The minimum atomic E-state index is -1.31. The van der Waals surface area contributed by atoms with Gasteiger partial charge in [-0.2, -0.15) is 0 Å². The van der Waals surface area contributed by atoms with Crippen LogP contribution in [0.3, 0.4) is 0 Å². The van der Waals surface area contributed by atoms with Gasteiger partial charge in [0.15, 0.2) is 0 Å². The molecule has 100 valence electrons. The molecule has 0 saturated carbocycles. The number of esters is 1. The van der Waals surface area contributed by atoms with Gasteiger partial charge in [0.25, 0.3) is 0 Å². The van der Waals surface area contributed by atoms with Crippen LogP contribution in [0.25, 0.3) is 0 Å². The van der Waals surface area contributed by atoms with Crippen molar-refractivity contribution < 1.29 is 24.9 Å². The summed E-state index contributed by atoms with van der Waals surface area (Å²) >= 11 is 0. The zero-order valence-electron chi connectivity index (χ0n) is 10.0. The molecular formula is C12H17NO5. The number of carbonyl (C=O) groups excluding carboxylic acids is 1. The average molecular weight is 255 g/mol. The number of benzene rings is 1. The number of rotatable bonds is 5. The van der Waals surface area contributed by atoms with Crippen molar-refractivity contribution in [3.63, 3.8) is 0 Å². The van der Waals surface area contributed by atoms with E-state index in [0.717, 1.165) is 0 Å². The van der Waals surface area contributed by atoms with Gasteiger partial charge in [-0.1, -0.05) is 0 Å². The number of hydrogen-bond acceptors (Lipinski definition) is 6. The van der Waals surface area contributed by atoms with Gasteiger partial charge in [0.2, 0.25) is 0 Å².